The first-order chi connectivity index (χ1) is 48.0. The van der Waals surface area contributed by atoms with Crippen LogP contribution in [0.5, 0.6) is 0 Å². The van der Waals surface area contributed by atoms with Crippen molar-refractivity contribution in [3.63, 3.8) is 0 Å². The van der Waals surface area contributed by atoms with Crippen molar-refractivity contribution in [2.75, 3.05) is 0 Å². The van der Waals surface area contributed by atoms with Crippen molar-refractivity contribution in [3.8, 4) is 0 Å². The Balaban J connectivity index is 1.31. The van der Waals surface area contributed by atoms with Gasteiger partial charge >= 0.3 is 609 Å². The van der Waals surface area contributed by atoms with Crippen molar-refractivity contribution in [1.29, 1.82) is 0 Å². The van der Waals surface area contributed by atoms with E-state index in [0.29, 0.717) is 0 Å². The van der Waals surface area contributed by atoms with E-state index in [9.17, 15) is 1.41 Å². The van der Waals surface area contributed by atoms with Gasteiger partial charge in [-0.15, -0.1) is 0 Å². The van der Waals surface area contributed by atoms with Gasteiger partial charge in [-0.1, -0.05) is 0 Å². The summed E-state index contributed by atoms with van der Waals surface area (Å²) in [5, 5.41) is 0. The Hall–Kier alpha value is -7.80. The summed E-state index contributed by atoms with van der Waals surface area (Å²) in [5.74, 6) is 0.203. The maximum atomic E-state index is 10.6. The molecule has 12 rings (SSSR count). The quantitative estimate of drug-likeness (QED) is 0.0491. The van der Waals surface area contributed by atoms with Crippen LogP contribution in [-0.2, 0) is 1.41 Å². The van der Waals surface area contributed by atoms with E-state index in [2.05, 4.69) is 374 Å². The molecule has 0 saturated carbocycles. The summed E-state index contributed by atoms with van der Waals surface area (Å²) >= 11 is -10.1. The van der Waals surface area contributed by atoms with E-state index in [4.69, 9.17) is 0 Å². The minimum atomic E-state index is -5.07. The summed E-state index contributed by atoms with van der Waals surface area (Å²) in [4.78, 5) is 0. The molecule has 0 bridgehead atoms. The fourth-order valence-electron chi connectivity index (χ4n) is 17.5. The minimum absolute atomic E-state index is 0.0339. The Morgan fingerprint density at radius 3 is 0.343 bits per heavy atom. The van der Waals surface area contributed by atoms with Crippen LogP contribution in [0.2, 0.25) is 26.6 Å². The molecule has 0 aromatic heterocycles. The third-order valence-electron chi connectivity index (χ3n) is 22.7. The molecule has 3 heteroatoms. The van der Waals surface area contributed by atoms with Crippen LogP contribution in [0, 0.1) is 83.1 Å². The van der Waals surface area contributed by atoms with Crippen molar-refractivity contribution in [2.45, 2.75) is 145 Å². The van der Waals surface area contributed by atoms with Crippen LogP contribution in [0.15, 0.2) is 291 Å². The normalized spacial score (nSPS) is 12.1. The molecule has 0 amide bonds. The molecule has 0 aliphatic carbocycles. The van der Waals surface area contributed by atoms with Gasteiger partial charge < -0.3 is 0 Å². The van der Waals surface area contributed by atoms with Crippen LogP contribution in [0.1, 0.15) is 169 Å². The molecule has 99 heavy (non-hydrogen) atoms. The summed E-state index contributed by atoms with van der Waals surface area (Å²) in [6.07, 6.45) is 0. The third-order valence-corrected chi connectivity index (χ3v) is 61.4. The van der Waals surface area contributed by atoms with Crippen molar-refractivity contribution >= 4 is 37.6 Å². The Labute approximate surface area is 603 Å². The molecule has 0 N–H and O–H groups in total. The second kappa shape index (κ2) is 32.2. The van der Waals surface area contributed by atoms with Gasteiger partial charge in [0.15, 0.2) is 0 Å². The SMILES string of the molecule is Cc1ccccc1C([CH2][Sn]([CH2]C(c1ccccc1C)c1ccccc1C)([CH2]C(c1ccccc1C)c1ccccc1C)[O][Sn]([CH2]C(c1ccccc1C)c1ccccc1C)([CH2]C(c1ccccc1C)c1ccccc1C)[CH2]C(c1ccccc1C)c1ccccc1C)c1ccccc1C. The zero-order chi connectivity index (χ0) is 69.2. The van der Waals surface area contributed by atoms with Gasteiger partial charge in [-0.2, -0.15) is 0 Å². The van der Waals surface area contributed by atoms with Crippen molar-refractivity contribution < 1.29 is 1.41 Å². The van der Waals surface area contributed by atoms with Crippen molar-refractivity contribution in [3.05, 3.63) is 425 Å². The van der Waals surface area contributed by atoms with Crippen LogP contribution >= 0.6 is 0 Å². The Bertz CT molecular complexity index is 3690. The molecule has 1 nitrogen and oxygen atoms in total. The molecule has 12 aromatic rings. The summed E-state index contributed by atoms with van der Waals surface area (Å²) in [6.45, 7) is 28.6. The van der Waals surface area contributed by atoms with Crippen molar-refractivity contribution in [1.82, 2.24) is 0 Å². The molecule has 0 unspecified atom stereocenters. The zero-order valence-electron chi connectivity index (χ0n) is 60.8. The summed E-state index contributed by atoms with van der Waals surface area (Å²) in [5.41, 5.74) is 33.0. The second-order valence-corrected chi connectivity index (χ2v) is 54.3. The number of benzene rings is 12. The van der Waals surface area contributed by atoms with E-state index >= 15 is 0 Å². The van der Waals surface area contributed by atoms with Gasteiger partial charge in [0.1, 0.15) is 0 Å². The molecule has 500 valence electrons. The number of aryl methyl sites for hydroxylation is 12. The van der Waals surface area contributed by atoms with Gasteiger partial charge in [0, 0.05) is 0 Å². The Kier molecular flexibility index (Phi) is 23.1. The molecule has 12 aromatic carbocycles. The molecule has 0 fully saturated rings. The van der Waals surface area contributed by atoms with Crippen LogP contribution < -0.4 is 0 Å². The molecular weight excluding hydrogens is 1410 g/mol. The first-order valence-corrected chi connectivity index (χ1v) is 50.8. The molecule has 0 saturated heterocycles. The molecule has 0 radical (unpaired) electrons. The monoisotopic (exact) mass is 1510 g/mol. The standard InChI is InChI=1S/6C16H17.O.2Sn/c6*1-12-8-4-6-10-15(12)14(3)16-11-7-5-9-13(16)2;;;/h6*4-11,14H,3H2,1-2H3;;;. The van der Waals surface area contributed by atoms with E-state index in [1.54, 1.807) is 0 Å². The van der Waals surface area contributed by atoms with Gasteiger partial charge in [0.2, 0.25) is 0 Å². The Morgan fingerprint density at radius 1 is 0.162 bits per heavy atom. The first kappa shape index (κ1) is 71.0. The zero-order valence-corrected chi connectivity index (χ0v) is 66.5. The topological polar surface area (TPSA) is 9.23 Å². The molecule has 0 aliphatic rings. The third kappa shape index (κ3) is 16.2. The summed E-state index contributed by atoms with van der Waals surface area (Å²) in [6, 6.07) is 113. The number of rotatable bonds is 26. The molecular formula is C96H102OSn2. The van der Waals surface area contributed by atoms with Gasteiger partial charge in [0.25, 0.3) is 0 Å². The average molecular weight is 1510 g/mol. The molecule has 0 heterocycles. The van der Waals surface area contributed by atoms with Gasteiger partial charge in [-0.05, 0) is 0 Å². The van der Waals surface area contributed by atoms with Crippen LogP contribution in [0.25, 0.3) is 0 Å². The van der Waals surface area contributed by atoms with E-state index in [0.717, 1.165) is 26.6 Å². The fraction of sp³-hybridized carbons (Fsp3) is 0.250. The van der Waals surface area contributed by atoms with E-state index in [1.807, 2.05) is 0 Å². The molecule has 0 atom stereocenters. The van der Waals surface area contributed by atoms with Gasteiger partial charge in [-0.3, -0.25) is 0 Å². The van der Waals surface area contributed by atoms with Gasteiger partial charge in [0.05, 0.1) is 0 Å². The Morgan fingerprint density at radius 2 is 0.253 bits per heavy atom. The first-order valence-electron chi connectivity index (χ1n) is 36.4. The fourth-order valence-corrected chi connectivity index (χ4v) is 71.8. The number of hydrogen-bond donors (Lipinski definition) is 0. The molecule has 0 aliphatic heterocycles. The van der Waals surface area contributed by atoms with Crippen LogP contribution in [0.4, 0.5) is 0 Å². The predicted octanol–water partition coefficient (Wildman–Crippen LogP) is 25.6. The second-order valence-electron chi connectivity index (χ2n) is 29.3. The van der Waals surface area contributed by atoms with Gasteiger partial charge in [-0.25, -0.2) is 0 Å². The van der Waals surface area contributed by atoms with Crippen LogP contribution in [0.3, 0.4) is 0 Å². The molecule has 0 spiro atoms. The van der Waals surface area contributed by atoms with E-state index in [-0.39, 0.29) is 35.5 Å². The predicted molar refractivity (Wildman–Crippen MR) is 427 cm³/mol. The van der Waals surface area contributed by atoms with Crippen LogP contribution in [-0.4, -0.2) is 37.6 Å². The van der Waals surface area contributed by atoms with E-state index < -0.39 is 37.6 Å². The average Bonchev–Trinajstić information content (AvgIpc) is 0.745. The summed E-state index contributed by atoms with van der Waals surface area (Å²) in [7, 11) is 0. The summed E-state index contributed by atoms with van der Waals surface area (Å²) < 4.78 is 16.3. The van der Waals surface area contributed by atoms with Crippen molar-refractivity contribution in [2.24, 2.45) is 0 Å². The number of hydrogen-bond acceptors (Lipinski definition) is 1. The maximum absolute atomic E-state index is 10.6. The van der Waals surface area contributed by atoms with E-state index in [1.165, 1.54) is 134 Å².